The van der Waals surface area contributed by atoms with E-state index < -0.39 is 46.1 Å². The fourth-order valence-electron chi connectivity index (χ4n) is 3.60. The number of carbonyl (C=O) groups excluding carboxylic acids is 2. The van der Waals surface area contributed by atoms with E-state index in [1.54, 1.807) is 0 Å². The van der Waals surface area contributed by atoms with Crippen molar-refractivity contribution >= 4 is 21.7 Å². The maximum atomic E-state index is 12.9. The molecule has 1 amide bonds. The number of hydrogen-bond acceptors (Lipinski definition) is 6. The molecule has 7 nitrogen and oxygen atoms in total. The van der Waals surface area contributed by atoms with E-state index in [-0.39, 0.29) is 34.5 Å². The molecule has 0 N–H and O–H groups in total. The molecule has 1 aliphatic heterocycles. The van der Waals surface area contributed by atoms with Crippen molar-refractivity contribution in [2.45, 2.75) is 32.5 Å². The zero-order valence-corrected chi connectivity index (χ0v) is 18.9. The molecule has 33 heavy (non-hydrogen) atoms. The highest BCUT2D eigenvalue weighted by Crippen LogP contribution is 2.32. The topological polar surface area (TPSA) is 93.9 Å². The molecule has 3 rings (SSSR count). The number of alkyl halides is 3. The van der Waals surface area contributed by atoms with Crippen molar-refractivity contribution in [2.24, 2.45) is 5.92 Å². The third-order valence-electron chi connectivity index (χ3n) is 5.14. The molecule has 1 aromatic heterocycles. The summed E-state index contributed by atoms with van der Waals surface area (Å²) < 4.78 is 72.7. The van der Waals surface area contributed by atoms with Crippen LogP contribution in [0.2, 0.25) is 0 Å². The van der Waals surface area contributed by atoms with E-state index in [4.69, 9.17) is 9.15 Å². The van der Waals surface area contributed by atoms with Crippen LogP contribution in [0.3, 0.4) is 0 Å². The molecule has 1 unspecified atom stereocenters. The summed E-state index contributed by atoms with van der Waals surface area (Å²) in [5.41, 5.74) is -0.726. The van der Waals surface area contributed by atoms with Crippen LogP contribution in [-0.4, -0.2) is 55.9 Å². The minimum Gasteiger partial charge on any atom is -0.450 e. The van der Waals surface area contributed by atoms with Gasteiger partial charge in [-0.05, 0) is 36.6 Å². The summed E-state index contributed by atoms with van der Waals surface area (Å²) in [5.74, 6) is -1.75. The number of sulfone groups is 1. The number of benzene rings is 1. The number of ether oxygens (including phenoxy) is 1. The van der Waals surface area contributed by atoms with E-state index >= 15 is 0 Å². The first-order valence-electron chi connectivity index (χ1n) is 10.3. The summed E-state index contributed by atoms with van der Waals surface area (Å²) in [6.07, 6.45) is -4.20. The molecule has 1 aliphatic rings. The largest absolute Gasteiger partial charge is 0.450 e. The Balaban J connectivity index is 1.66. The second-order valence-corrected chi connectivity index (χ2v) is 10.5. The molecule has 0 spiro atoms. The molecule has 11 heteroatoms. The average molecular weight is 487 g/mol. The van der Waals surface area contributed by atoms with Gasteiger partial charge in [0.25, 0.3) is 5.91 Å². The Morgan fingerprint density at radius 1 is 1.21 bits per heavy atom. The van der Waals surface area contributed by atoms with Gasteiger partial charge in [0.15, 0.2) is 16.4 Å². The Hall–Kier alpha value is -2.82. The van der Waals surface area contributed by atoms with Gasteiger partial charge in [-0.3, -0.25) is 4.79 Å². The van der Waals surface area contributed by atoms with Gasteiger partial charge in [-0.25, -0.2) is 13.2 Å². The molecule has 180 valence electrons. The molecule has 2 heterocycles. The van der Waals surface area contributed by atoms with Crippen molar-refractivity contribution in [3.63, 3.8) is 0 Å². The van der Waals surface area contributed by atoms with Gasteiger partial charge in [0, 0.05) is 18.2 Å². The SMILES string of the molecule is CC(C)CN(C(=O)COC(=O)c1ccc(-c2cccc(C(F)(F)F)c2)o1)C1CCS(=O)(=O)C1. The number of esters is 1. The van der Waals surface area contributed by atoms with Crippen molar-refractivity contribution < 1.29 is 40.3 Å². The molecule has 1 atom stereocenters. The van der Waals surface area contributed by atoms with E-state index in [0.717, 1.165) is 12.1 Å². The quantitative estimate of drug-likeness (QED) is 0.552. The van der Waals surface area contributed by atoms with E-state index in [1.165, 1.54) is 29.2 Å². The van der Waals surface area contributed by atoms with E-state index in [0.29, 0.717) is 13.0 Å². The molecular formula is C22H24F3NO6S. The van der Waals surface area contributed by atoms with Crippen LogP contribution < -0.4 is 0 Å². The summed E-state index contributed by atoms with van der Waals surface area (Å²) in [5, 5.41) is 0. The molecular weight excluding hydrogens is 463 g/mol. The maximum absolute atomic E-state index is 12.9. The normalized spacial score (nSPS) is 17.8. The lowest BCUT2D eigenvalue weighted by molar-refractivity contribution is -0.138. The van der Waals surface area contributed by atoms with Crippen molar-refractivity contribution in [3.05, 3.63) is 47.7 Å². The van der Waals surface area contributed by atoms with Crippen molar-refractivity contribution in [2.75, 3.05) is 24.7 Å². The molecule has 0 bridgehead atoms. The monoisotopic (exact) mass is 487 g/mol. The van der Waals surface area contributed by atoms with E-state index in [2.05, 4.69) is 0 Å². The van der Waals surface area contributed by atoms with Gasteiger partial charge in [0.05, 0.1) is 17.1 Å². The molecule has 0 radical (unpaired) electrons. The number of carbonyl (C=O) groups is 2. The van der Waals surface area contributed by atoms with Crippen LogP contribution in [0, 0.1) is 5.92 Å². The summed E-state index contributed by atoms with van der Waals surface area (Å²) in [6.45, 7) is 3.47. The van der Waals surface area contributed by atoms with Crippen molar-refractivity contribution in [1.29, 1.82) is 0 Å². The smallest absolute Gasteiger partial charge is 0.416 e. The van der Waals surface area contributed by atoms with Gasteiger partial charge in [-0.2, -0.15) is 13.2 Å². The Labute approximate surface area is 189 Å². The zero-order chi connectivity index (χ0) is 24.4. The highest BCUT2D eigenvalue weighted by atomic mass is 32.2. The van der Waals surface area contributed by atoms with Crippen LogP contribution in [0.15, 0.2) is 40.8 Å². The number of rotatable bonds is 7. The Morgan fingerprint density at radius 2 is 1.94 bits per heavy atom. The third kappa shape index (κ3) is 6.37. The van der Waals surface area contributed by atoms with Gasteiger partial charge in [-0.15, -0.1) is 0 Å². The maximum Gasteiger partial charge on any atom is 0.416 e. The van der Waals surface area contributed by atoms with Crippen molar-refractivity contribution in [3.8, 4) is 11.3 Å². The fourth-order valence-corrected chi connectivity index (χ4v) is 5.33. The number of furan rings is 1. The Morgan fingerprint density at radius 3 is 2.55 bits per heavy atom. The van der Waals surface area contributed by atoms with Crippen molar-refractivity contribution in [1.82, 2.24) is 4.90 Å². The lowest BCUT2D eigenvalue weighted by Gasteiger charge is -2.29. The first-order valence-corrected chi connectivity index (χ1v) is 12.1. The van der Waals surface area contributed by atoms with Gasteiger partial charge < -0.3 is 14.1 Å². The Kier molecular flexibility index (Phi) is 7.20. The van der Waals surface area contributed by atoms with Crippen LogP contribution in [0.4, 0.5) is 13.2 Å². The van der Waals surface area contributed by atoms with Crippen LogP contribution in [0.25, 0.3) is 11.3 Å². The number of halogens is 3. The molecule has 1 aromatic carbocycles. The summed E-state index contributed by atoms with van der Waals surface area (Å²) in [6, 6.07) is 6.57. The summed E-state index contributed by atoms with van der Waals surface area (Å²) in [4.78, 5) is 26.4. The molecule has 0 aliphatic carbocycles. The predicted molar refractivity (Wildman–Crippen MR) is 113 cm³/mol. The van der Waals surface area contributed by atoms with Crippen LogP contribution in [-0.2, 0) is 25.5 Å². The Bertz CT molecular complexity index is 1120. The highest BCUT2D eigenvalue weighted by Gasteiger charge is 2.35. The van der Waals surface area contributed by atoms with Crippen LogP contribution in [0.1, 0.15) is 36.4 Å². The van der Waals surface area contributed by atoms with Gasteiger partial charge in [0.2, 0.25) is 5.76 Å². The second-order valence-electron chi connectivity index (χ2n) is 8.32. The standard InChI is InChI=1S/C22H24F3NO6S/c1-14(2)11-26(17-8-9-33(29,30)13-17)20(27)12-31-21(28)19-7-6-18(32-19)15-4-3-5-16(10-15)22(23,24)25/h3-7,10,14,17H,8-9,11-13H2,1-2H3. The molecule has 1 saturated heterocycles. The predicted octanol–water partition coefficient (Wildman–Crippen LogP) is 3.79. The summed E-state index contributed by atoms with van der Waals surface area (Å²) >= 11 is 0. The van der Waals surface area contributed by atoms with Gasteiger partial charge >= 0.3 is 12.1 Å². The third-order valence-corrected chi connectivity index (χ3v) is 6.89. The van der Waals surface area contributed by atoms with Crippen LogP contribution in [0.5, 0.6) is 0 Å². The minimum atomic E-state index is -4.52. The number of amides is 1. The first-order chi connectivity index (χ1) is 15.4. The van der Waals surface area contributed by atoms with E-state index in [1.807, 2.05) is 13.8 Å². The lowest BCUT2D eigenvalue weighted by Crippen LogP contribution is -2.45. The highest BCUT2D eigenvalue weighted by molar-refractivity contribution is 7.91. The minimum absolute atomic E-state index is 0.00401. The van der Waals surface area contributed by atoms with Gasteiger partial charge in [0.1, 0.15) is 5.76 Å². The summed E-state index contributed by atoms with van der Waals surface area (Å²) in [7, 11) is -3.21. The second kappa shape index (κ2) is 9.58. The lowest BCUT2D eigenvalue weighted by atomic mass is 10.1. The molecule has 1 fully saturated rings. The van der Waals surface area contributed by atoms with E-state index in [9.17, 15) is 31.2 Å². The zero-order valence-electron chi connectivity index (χ0n) is 18.1. The fraction of sp³-hybridized carbons (Fsp3) is 0.455. The average Bonchev–Trinajstić information content (AvgIpc) is 3.36. The van der Waals surface area contributed by atoms with Gasteiger partial charge in [-0.1, -0.05) is 26.0 Å². The van der Waals surface area contributed by atoms with Crippen LogP contribution >= 0.6 is 0 Å². The molecule has 0 saturated carbocycles. The number of hydrogen-bond donors (Lipinski definition) is 0. The molecule has 2 aromatic rings. The number of nitrogens with zero attached hydrogens (tertiary/aromatic N) is 1. The first kappa shape index (κ1) is 24.8.